The second-order valence-electron chi connectivity index (χ2n) is 3.60. The number of halogens is 3. The van der Waals surface area contributed by atoms with E-state index in [2.05, 4.69) is 15.9 Å². The zero-order valence-corrected chi connectivity index (χ0v) is 11.8. The summed E-state index contributed by atoms with van der Waals surface area (Å²) in [5, 5.41) is 11.2. The molecule has 0 fully saturated rings. The Hall–Kier alpha value is -0.540. The van der Waals surface area contributed by atoms with Crippen molar-refractivity contribution in [3.05, 3.63) is 68.1 Å². The van der Waals surface area contributed by atoms with Gasteiger partial charge in [0, 0.05) is 4.47 Å². The van der Waals surface area contributed by atoms with Crippen molar-refractivity contribution in [1.82, 2.24) is 0 Å². The third-order valence-corrected chi connectivity index (χ3v) is 3.92. The zero-order chi connectivity index (χ0) is 12.4. The lowest BCUT2D eigenvalue weighted by atomic mass is 10.0. The van der Waals surface area contributed by atoms with E-state index in [1.165, 1.54) is 0 Å². The van der Waals surface area contributed by atoms with Crippen molar-refractivity contribution in [2.45, 2.75) is 6.10 Å². The average molecular weight is 332 g/mol. The van der Waals surface area contributed by atoms with Crippen LogP contribution in [0.5, 0.6) is 0 Å². The molecule has 4 heteroatoms. The molecule has 0 bridgehead atoms. The van der Waals surface area contributed by atoms with E-state index in [-0.39, 0.29) is 0 Å². The Bertz CT molecular complexity index is 543. The van der Waals surface area contributed by atoms with Crippen LogP contribution in [-0.4, -0.2) is 5.11 Å². The lowest BCUT2D eigenvalue weighted by Gasteiger charge is -2.13. The standard InChI is InChI=1S/C13H9BrCl2O/c14-10-4-2-1-3-9(10)13(17)8-5-6-11(15)12(16)7-8/h1-7,13,17H. The van der Waals surface area contributed by atoms with Gasteiger partial charge in [-0.2, -0.15) is 0 Å². The molecule has 1 nitrogen and oxygen atoms in total. The highest BCUT2D eigenvalue weighted by Gasteiger charge is 2.14. The summed E-state index contributed by atoms with van der Waals surface area (Å²) in [7, 11) is 0. The molecule has 88 valence electrons. The average Bonchev–Trinajstić information content (AvgIpc) is 2.32. The molecular weight excluding hydrogens is 323 g/mol. The number of hydrogen-bond donors (Lipinski definition) is 1. The monoisotopic (exact) mass is 330 g/mol. The molecule has 0 aliphatic heterocycles. The lowest BCUT2D eigenvalue weighted by Crippen LogP contribution is -2.00. The smallest absolute Gasteiger partial charge is 0.105 e. The van der Waals surface area contributed by atoms with Gasteiger partial charge in [0.1, 0.15) is 6.10 Å². The Morgan fingerprint density at radius 1 is 1.00 bits per heavy atom. The molecule has 0 saturated carbocycles. The molecule has 0 amide bonds. The van der Waals surface area contributed by atoms with E-state index in [1.807, 2.05) is 24.3 Å². The predicted octanol–water partition coefficient (Wildman–Crippen LogP) is 4.84. The minimum Gasteiger partial charge on any atom is -0.384 e. The van der Waals surface area contributed by atoms with Crippen LogP contribution in [0.15, 0.2) is 46.9 Å². The number of aliphatic hydroxyl groups is 1. The van der Waals surface area contributed by atoms with Gasteiger partial charge in [0.05, 0.1) is 10.0 Å². The lowest BCUT2D eigenvalue weighted by molar-refractivity contribution is 0.219. The summed E-state index contributed by atoms with van der Waals surface area (Å²) < 4.78 is 0.860. The first kappa shape index (κ1) is 12.9. The number of hydrogen-bond acceptors (Lipinski definition) is 1. The summed E-state index contributed by atoms with van der Waals surface area (Å²) in [6.45, 7) is 0. The normalized spacial score (nSPS) is 12.5. The molecule has 0 saturated heterocycles. The minimum atomic E-state index is -0.722. The Morgan fingerprint density at radius 3 is 2.35 bits per heavy atom. The third-order valence-electron chi connectivity index (χ3n) is 2.46. The molecule has 2 aromatic rings. The molecule has 0 aliphatic rings. The van der Waals surface area contributed by atoms with Crippen molar-refractivity contribution in [3.63, 3.8) is 0 Å². The van der Waals surface area contributed by atoms with Crippen molar-refractivity contribution in [3.8, 4) is 0 Å². The highest BCUT2D eigenvalue weighted by atomic mass is 79.9. The molecule has 0 spiro atoms. The Kier molecular flexibility index (Phi) is 4.10. The Morgan fingerprint density at radius 2 is 1.71 bits per heavy atom. The number of benzene rings is 2. The summed E-state index contributed by atoms with van der Waals surface area (Å²) in [5.74, 6) is 0. The first-order valence-electron chi connectivity index (χ1n) is 4.97. The van der Waals surface area contributed by atoms with Crippen molar-refractivity contribution in [2.75, 3.05) is 0 Å². The van der Waals surface area contributed by atoms with E-state index in [9.17, 15) is 5.11 Å². The Labute approximate surface area is 118 Å². The van der Waals surface area contributed by atoms with Gasteiger partial charge >= 0.3 is 0 Å². The van der Waals surface area contributed by atoms with Crippen LogP contribution in [0.2, 0.25) is 10.0 Å². The van der Waals surface area contributed by atoms with Gasteiger partial charge in [0.15, 0.2) is 0 Å². The fourth-order valence-electron chi connectivity index (χ4n) is 1.56. The van der Waals surface area contributed by atoms with Crippen LogP contribution in [0, 0.1) is 0 Å². The molecule has 0 aromatic heterocycles. The summed E-state index contributed by atoms with van der Waals surface area (Å²) >= 11 is 15.2. The molecule has 2 aromatic carbocycles. The van der Waals surface area contributed by atoms with Crippen LogP contribution >= 0.6 is 39.1 Å². The van der Waals surface area contributed by atoms with Crippen LogP contribution in [0.4, 0.5) is 0 Å². The van der Waals surface area contributed by atoms with E-state index in [4.69, 9.17) is 23.2 Å². The second kappa shape index (κ2) is 5.40. The molecule has 17 heavy (non-hydrogen) atoms. The minimum absolute atomic E-state index is 0.440. The molecule has 0 radical (unpaired) electrons. The third kappa shape index (κ3) is 2.83. The van der Waals surface area contributed by atoms with Gasteiger partial charge in [0.2, 0.25) is 0 Å². The highest BCUT2D eigenvalue weighted by molar-refractivity contribution is 9.10. The molecule has 2 rings (SSSR count). The van der Waals surface area contributed by atoms with E-state index in [0.717, 1.165) is 10.0 Å². The summed E-state index contributed by atoms with van der Waals surface area (Å²) in [5.41, 5.74) is 1.51. The molecule has 0 heterocycles. The van der Waals surface area contributed by atoms with Gasteiger partial charge in [-0.15, -0.1) is 0 Å². The van der Waals surface area contributed by atoms with Crippen LogP contribution < -0.4 is 0 Å². The van der Waals surface area contributed by atoms with Crippen LogP contribution in [0.25, 0.3) is 0 Å². The van der Waals surface area contributed by atoms with Gasteiger partial charge in [0.25, 0.3) is 0 Å². The van der Waals surface area contributed by atoms with Crippen LogP contribution in [-0.2, 0) is 0 Å². The molecule has 0 aliphatic carbocycles. The fourth-order valence-corrected chi connectivity index (χ4v) is 2.37. The molecule has 1 unspecified atom stereocenters. The topological polar surface area (TPSA) is 20.2 Å². The van der Waals surface area contributed by atoms with Crippen molar-refractivity contribution in [1.29, 1.82) is 0 Å². The van der Waals surface area contributed by atoms with E-state index in [1.54, 1.807) is 18.2 Å². The number of aliphatic hydroxyl groups excluding tert-OH is 1. The molecule has 1 N–H and O–H groups in total. The maximum absolute atomic E-state index is 10.3. The molecular formula is C13H9BrCl2O. The summed E-state index contributed by atoms with van der Waals surface area (Å²) in [4.78, 5) is 0. The van der Waals surface area contributed by atoms with Crippen molar-refractivity contribution in [2.24, 2.45) is 0 Å². The van der Waals surface area contributed by atoms with Crippen LogP contribution in [0.3, 0.4) is 0 Å². The van der Waals surface area contributed by atoms with Gasteiger partial charge in [-0.3, -0.25) is 0 Å². The van der Waals surface area contributed by atoms with Gasteiger partial charge in [-0.1, -0.05) is 63.4 Å². The first-order valence-corrected chi connectivity index (χ1v) is 6.52. The predicted molar refractivity (Wildman–Crippen MR) is 74.7 cm³/mol. The van der Waals surface area contributed by atoms with Crippen molar-refractivity contribution >= 4 is 39.1 Å². The van der Waals surface area contributed by atoms with E-state index < -0.39 is 6.10 Å². The molecule has 1 atom stereocenters. The van der Waals surface area contributed by atoms with E-state index in [0.29, 0.717) is 15.6 Å². The number of rotatable bonds is 2. The maximum Gasteiger partial charge on any atom is 0.105 e. The summed E-state index contributed by atoms with van der Waals surface area (Å²) in [6.07, 6.45) is -0.722. The Balaban J connectivity index is 2.40. The van der Waals surface area contributed by atoms with Gasteiger partial charge < -0.3 is 5.11 Å². The maximum atomic E-state index is 10.3. The zero-order valence-electron chi connectivity index (χ0n) is 8.70. The quantitative estimate of drug-likeness (QED) is 0.835. The van der Waals surface area contributed by atoms with E-state index >= 15 is 0 Å². The van der Waals surface area contributed by atoms with Gasteiger partial charge in [-0.05, 0) is 29.3 Å². The summed E-state index contributed by atoms with van der Waals surface area (Å²) in [6, 6.07) is 12.6. The highest BCUT2D eigenvalue weighted by Crippen LogP contribution is 2.31. The first-order chi connectivity index (χ1) is 8.09. The largest absolute Gasteiger partial charge is 0.384 e. The van der Waals surface area contributed by atoms with Crippen molar-refractivity contribution < 1.29 is 5.11 Å². The second-order valence-corrected chi connectivity index (χ2v) is 5.27. The fraction of sp³-hybridized carbons (Fsp3) is 0.0769. The van der Waals surface area contributed by atoms with Crippen LogP contribution in [0.1, 0.15) is 17.2 Å². The SMILES string of the molecule is OC(c1ccc(Cl)c(Cl)c1)c1ccccc1Br. The van der Waals surface area contributed by atoms with Gasteiger partial charge in [-0.25, -0.2) is 0 Å².